The molecule has 0 aliphatic carbocycles. The van der Waals surface area contributed by atoms with E-state index in [-0.39, 0.29) is 5.91 Å². The first-order valence-corrected chi connectivity index (χ1v) is 9.90. The highest BCUT2D eigenvalue weighted by atomic mass is 79.9. The van der Waals surface area contributed by atoms with E-state index in [1.54, 1.807) is 12.1 Å². The highest BCUT2D eigenvalue weighted by molar-refractivity contribution is 9.10. The topological polar surface area (TPSA) is 55.4 Å². The normalized spacial score (nSPS) is 15.8. The van der Waals surface area contributed by atoms with E-state index in [2.05, 4.69) is 20.7 Å². The summed E-state index contributed by atoms with van der Waals surface area (Å²) in [5, 5.41) is 0. The van der Waals surface area contributed by atoms with Crippen LogP contribution in [0.25, 0.3) is 4.91 Å². The van der Waals surface area contributed by atoms with Crippen molar-refractivity contribution in [3.63, 3.8) is 0 Å². The van der Waals surface area contributed by atoms with Crippen LogP contribution in [-0.2, 0) is 22.4 Å². The largest absolute Gasteiger partial charge is 0.489 e. The summed E-state index contributed by atoms with van der Waals surface area (Å²) in [7, 11) is -1.47. The fraction of sp³-hybridized carbons (Fsp3) is 0.211. The van der Waals surface area contributed by atoms with Crippen LogP contribution in [0.5, 0.6) is 5.75 Å². The lowest BCUT2D eigenvalue weighted by Crippen LogP contribution is -2.16. The van der Waals surface area contributed by atoms with E-state index in [0.29, 0.717) is 11.5 Å². The molecule has 1 aliphatic rings. The first-order chi connectivity index (χ1) is 12.0. The van der Waals surface area contributed by atoms with Gasteiger partial charge in [0, 0.05) is 10.5 Å². The molecule has 2 aromatic carbocycles. The van der Waals surface area contributed by atoms with E-state index in [1.807, 2.05) is 51.1 Å². The number of hydrogen-bond acceptors (Lipinski definition) is 3. The number of ether oxygens (including phenoxy) is 1. The molecule has 25 heavy (non-hydrogen) atoms. The smallest absolute Gasteiger partial charge is 0.257 e. The molecular weight excluding hydrogens is 402 g/mol. The number of amides is 1. The second-order valence-corrected chi connectivity index (χ2v) is 7.12. The van der Waals surface area contributed by atoms with Crippen LogP contribution < -0.4 is 9.46 Å². The van der Waals surface area contributed by atoms with Gasteiger partial charge in [0.15, 0.2) is 11.0 Å². The van der Waals surface area contributed by atoms with Crippen molar-refractivity contribution in [2.24, 2.45) is 0 Å². The summed E-state index contributed by atoms with van der Waals surface area (Å²) in [6, 6.07) is 13.2. The molecule has 1 N–H and O–H groups in total. The van der Waals surface area contributed by atoms with Gasteiger partial charge in [0.05, 0.1) is 4.91 Å². The molecule has 0 bridgehead atoms. The fourth-order valence-electron chi connectivity index (χ4n) is 2.22. The van der Waals surface area contributed by atoms with Gasteiger partial charge in [-0.25, -0.2) is 4.21 Å². The van der Waals surface area contributed by atoms with E-state index in [0.717, 1.165) is 26.9 Å². The van der Waals surface area contributed by atoms with E-state index in [4.69, 9.17) is 4.74 Å². The standard InChI is InChI=1S/C17H14BrNO3S.C2H6/c1-11-13(3-2-4-15(11)18)10-22-14-7-5-12(6-8-14)16-9-17(20)19-23(16)21;1-2/h2-9H,10H2,1H3,(H,19,20);1-2H3. The van der Waals surface area contributed by atoms with Crippen molar-refractivity contribution >= 4 is 37.7 Å². The Labute approximate surface area is 159 Å². The van der Waals surface area contributed by atoms with Crippen molar-refractivity contribution < 1.29 is 13.7 Å². The summed E-state index contributed by atoms with van der Waals surface area (Å²) in [6.45, 7) is 6.51. The zero-order chi connectivity index (χ0) is 18.4. The molecule has 0 fully saturated rings. The first-order valence-electron chi connectivity index (χ1n) is 7.96. The maximum Gasteiger partial charge on any atom is 0.257 e. The summed E-state index contributed by atoms with van der Waals surface area (Å²) < 4.78 is 20.9. The molecule has 1 unspecified atom stereocenters. The Morgan fingerprint density at radius 3 is 2.40 bits per heavy atom. The molecule has 6 heteroatoms. The van der Waals surface area contributed by atoms with Crippen LogP contribution in [0, 0.1) is 6.92 Å². The van der Waals surface area contributed by atoms with E-state index in [9.17, 15) is 9.00 Å². The molecule has 1 aliphatic heterocycles. The van der Waals surface area contributed by atoms with Crippen LogP contribution in [0.4, 0.5) is 0 Å². The molecule has 0 spiro atoms. The van der Waals surface area contributed by atoms with Gasteiger partial charge in [-0.1, -0.05) is 54.0 Å². The van der Waals surface area contributed by atoms with Crippen molar-refractivity contribution in [3.05, 3.63) is 69.7 Å². The molecule has 0 saturated heterocycles. The number of nitrogens with one attached hydrogen (secondary N) is 1. The van der Waals surface area contributed by atoms with Gasteiger partial charge in [-0.3, -0.25) is 9.52 Å². The number of rotatable bonds is 4. The van der Waals surface area contributed by atoms with Crippen LogP contribution in [0.15, 0.2) is 53.0 Å². The second-order valence-electron chi connectivity index (χ2n) is 5.08. The van der Waals surface area contributed by atoms with Gasteiger partial charge in [0.1, 0.15) is 12.4 Å². The number of carbonyl (C=O) groups is 1. The Balaban J connectivity index is 0.00000109. The molecule has 0 aromatic heterocycles. The van der Waals surface area contributed by atoms with E-state index < -0.39 is 11.0 Å². The zero-order valence-corrected chi connectivity index (χ0v) is 16.7. The van der Waals surface area contributed by atoms with Gasteiger partial charge in [0.2, 0.25) is 0 Å². The van der Waals surface area contributed by atoms with Gasteiger partial charge in [-0.15, -0.1) is 0 Å². The van der Waals surface area contributed by atoms with Gasteiger partial charge in [-0.2, -0.15) is 0 Å². The highest BCUT2D eigenvalue weighted by Crippen LogP contribution is 2.25. The van der Waals surface area contributed by atoms with Crippen molar-refractivity contribution in [2.45, 2.75) is 27.4 Å². The number of halogens is 1. The summed E-state index contributed by atoms with van der Waals surface area (Å²) in [6.07, 6.45) is 1.36. The van der Waals surface area contributed by atoms with Crippen LogP contribution in [0.1, 0.15) is 30.5 Å². The van der Waals surface area contributed by atoms with Crippen LogP contribution in [0.3, 0.4) is 0 Å². The summed E-state index contributed by atoms with van der Waals surface area (Å²) in [5.41, 5.74) is 3.01. The molecule has 3 rings (SSSR count). The van der Waals surface area contributed by atoms with Gasteiger partial charge in [0.25, 0.3) is 5.91 Å². The first kappa shape index (κ1) is 19.4. The Morgan fingerprint density at radius 2 is 1.80 bits per heavy atom. The third kappa shape index (κ3) is 4.80. The molecule has 1 amide bonds. The van der Waals surface area contributed by atoms with Crippen LogP contribution in [0.2, 0.25) is 0 Å². The Hall–Kier alpha value is -1.92. The predicted molar refractivity (Wildman–Crippen MR) is 105 cm³/mol. The molecule has 4 nitrogen and oxygen atoms in total. The molecule has 0 radical (unpaired) electrons. The van der Waals surface area contributed by atoms with Crippen molar-refractivity contribution in [2.75, 3.05) is 0 Å². The minimum atomic E-state index is -1.47. The number of hydrogen-bond donors (Lipinski definition) is 1. The lowest BCUT2D eigenvalue weighted by atomic mass is 10.1. The minimum Gasteiger partial charge on any atom is -0.489 e. The zero-order valence-electron chi connectivity index (χ0n) is 14.3. The average molecular weight is 422 g/mol. The Bertz CT molecular complexity index is 816. The SMILES string of the molecule is CC.Cc1c(Br)cccc1COc1ccc(C2=CC(=O)NS2=O)cc1. The third-order valence-electron chi connectivity index (χ3n) is 3.57. The lowest BCUT2D eigenvalue weighted by Gasteiger charge is -2.10. The van der Waals surface area contributed by atoms with Crippen LogP contribution >= 0.6 is 15.9 Å². The maximum atomic E-state index is 11.7. The molecule has 1 atom stereocenters. The number of benzene rings is 2. The fourth-order valence-corrected chi connectivity index (χ4v) is 3.55. The minimum absolute atomic E-state index is 0.330. The highest BCUT2D eigenvalue weighted by Gasteiger charge is 2.20. The molecule has 132 valence electrons. The van der Waals surface area contributed by atoms with Crippen molar-refractivity contribution in [1.82, 2.24) is 4.72 Å². The number of carbonyl (C=O) groups excluding carboxylic acids is 1. The lowest BCUT2D eigenvalue weighted by molar-refractivity contribution is -0.114. The van der Waals surface area contributed by atoms with Gasteiger partial charge in [-0.05, 0) is 41.8 Å². The maximum absolute atomic E-state index is 11.7. The molecule has 2 aromatic rings. The monoisotopic (exact) mass is 421 g/mol. The van der Waals surface area contributed by atoms with Gasteiger partial charge >= 0.3 is 0 Å². The molecular formula is C19H20BrNO3S. The Morgan fingerprint density at radius 1 is 1.12 bits per heavy atom. The van der Waals surface area contributed by atoms with Gasteiger partial charge < -0.3 is 4.74 Å². The molecule has 1 heterocycles. The van der Waals surface area contributed by atoms with Crippen LogP contribution in [-0.4, -0.2) is 10.1 Å². The van der Waals surface area contributed by atoms with E-state index >= 15 is 0 Å². The third-order valence-corrected chi connectivity index (χ3v) is 5.57. The average Bonchev–Trinajstić information content (AvgIpc) is 2.97. The van der Waals surface area contributed by atoms with Crippen molar-refractivity contribution in [1.29, 1.82) is 0 Å². The summed E-state index contributed by atoms with van der Waals surface area (Å²) >= 11 is 3.51. The second kappa shape index (κ2) is 8.97. The quantitative estimate of drug-likeness (QED) is 0.790. The Kier molecular flexibility index (Phi) is 6.96. The molecule has 0 saturated carbocycles. The van der Waals surface area contributed by atoms with E-state index in [1.165, 1.54) is 6.08 Å². The van der Waals surface area contributed by atoms with Crippen molar-refractivity contribution in [3.8, 4) is 5.75 Å². The summed E-state index contributed by atoms with van der Waals surface area (Å²) in [4.78, 5) is 11.7. The summed E-state index contributed by atoms with van der Waals surface area (Å²) in [5.74, 6) is 0.389. The predicted octanol–water partition coefficient (Wildman–Crippen LogP) is 4.50.